The highest BCUT2D eigenvalue weighted by atomic mass is 31.1. The van der Waals surface area contributed by atoms with Gasteiger partial charge in [-0.05, 0) is 13.7 Å². The number of hydrogen-bond donors (Lipinski definition) is 0. The SMILES string of the molecule is C#CPC(C)(C)C. The molecule has 0 spiro atoms. The summed E-state index contributed by atoms with van der Waals surface area (Å²) >= 11 is 0. The quantitative estimate of drug-likeness (QED) is 0.334. The molecule has 0 nitrogen and oxygen atoms in total. The first-order chi connectivity index (χ1) is 3.06. The number of hydrogen-bond acceptors (Lipinski definition) is 0. The minimum Gasteiger partial charge on any atom is -0.116 e. The lowest BCUT2D eigenvalue weighted by Crippen LogP contribution is -2.02. The van der Waals surface area contributed by atoms with Crippen molar-refractivity contribution in [1.82, 2.24) is 0 Å². The molecule has 0 aromatic heterocycles. The molecule has 0 fully saturated rings. The monoisotopic (exact) mass is 114 g/mol. The summed E-state index contributed by atoms with van der Waals surface area (Å²) in [6, 6.07) is 0. The Morgan fingerprint density at radius 2 is 1.86 bits per heavy atom. The van der Waals surface area contributed by atoms with Crippen LogP contribution in [0.2, 0.25) is 0 Å². The molecule has 0 aromatic carbocycles. The molecule has 40 valence electrons. The minimum absolute atomic E-state index is 0.342. The van der Waals surface area contributed by atoms with E-state index in [-0.39, 0.29) is 0 Å². The molecular weight excluding hydrogens is 103 g/mol. The fraction of sp³-hybridized carbons (Fsp3) is 0.667. The van der Waals surface area contributed by atoms with Gasteiger partial charge in [0.1, 0.15) is 0 Å². The predicted molar refractivity (Wildman–Crippen MR) is 36.9 cm³/mol. The average molecular weight is 114 g/mol. The largest absolute Gasteiger partial charge is 0.116 e. The van der Waals surface area contributed by atoms with Crippen LogP contribution in [0.15, 0.2) is 0 Å². The second-order valence-electron chi connectivity index (χ2n) is 2.52. The summed E-state index contributed by atoms with van der Waals surface area (Å²) in [5.74, 6) is 0. The summed E-state index contributed by atoms with van der Waals surface area (Å²) < 4.78 is 0. The first-order valence-electron chi connectivity index (χ1n) is 2.29. The van der Waals surface area contributed by atoms with E-state index in [1.54, 1.807) is 0 Å². The van der Waals surface area contributed by atoms with Crippen LogP contribution < -0.4 is 0 Å². The summed E-state index contributed by atoms with van der Waals surface area (Å²) in [4.78, 5) is 0. The topological polar surface area (TPSA) is 0 Å². The van der Waals surface area contributed by atoms with Crippen molar-refractivity contribution in [3.63, 3.8) is 0 Å². The van der Waals surface area contributed by atoms with Crippen LogP contribution in [0.25, 0.3) is 0 Å². The van der Waals surface area contributed by atoms with Crippen LogP contribution in [0.5, 0.6) is 0 Å². The van der Waals surface area contributed by atoms with Gasteiger partial charge in [-0.25, -0.2) is 0 Å². The lowest BCUT2D eigenvalue weighted by molar-refractivity contribution is 0.800. The summed E-state index contributed by atoms with van der Waals surface area (Å²) in [7, 11) is 0.652. The maximum absolute atomic E-state index is 5.08. The first kappa shape index (κ1) is 6.99. The first-order valence-corrected chi connectivity index (χ1v) is 3.29. The van der Waals surface area contributed by atoms with Gasteiger partial charge in [0.25, 0.3) is 0 Å². The zero-order valence-corrected chi connectivity index (χ0v) is 6.08. The second-order valence-corrected chi connectivity index (χ2v) is 4.56. The Bertz CT molecular complexity index is 81.3. The van der Waals surface area contributed by atoms with Gasteiger partial charge in [0.2, 0.25) is 0 Å². The van der Waals surface area contributed by atoms with Crippen molar-refractivity contribution in [3.8, 4) is 12.1 Å². The highest BCUT2D eigenvalue weighted by molar-refractivity contribution is 7.45. The van der Waals surface area contributed by atoms with Crippen LogP contribution in [-0.4, -0.2) is 5.16 Å². The van der Waals surface area contributed by atoms with Crippen LogP contribution in [0.3, 0.4) is 0 Å². The van der Waals surface area contributed by atoms with Crippen LogP contribution in [0.1, 0.15) is 20.8 Å². The summed E-state index contributed by atoms with van der Waals surface area (Å²) in [5, 5.41) is 0.342. The molecule has 1 atom stereocenters. The van der Waals surface area contributed by atoms with E-state index in [1.165, 1.54) is 0 Å². The number of rotatable bonds is 0. The molecule has 1 unspecified atom stereocenters. The van der Waals surface area contributed by atoms with Gasteiger partial charge in [-0.1, -0.05) is 26.4 Å². The standard InChI is InChI=1S/C6H11P/c1-5-7-6(2,3)4/h1,7H,2-4H3. The van der Waals surface area contributed by atoms with Crippen molar-refractivity contribution in [2.45, 2.75) is 25.9 Å². The van der Waals surface area contributed by atoms with Crippen molar-refractivity contribution in [2.75, 3.05) is 0 Å². The summed E-state index contributed by atoms with van der Waals surface area (Å²) in [6.07, 6.45) is 5.08. The maximum Gasteiger partial charge on any atom is -0.00955 e. The highest BCUT2D eigenvalue weighted by Crippen LogP contribution is 2.27. The molecule has 0 amide bonds. The predicted octanol–water partition coefficient (Wildman–Crippen LogP) is 2.05. The van der Waals surface area contributed by atoms with Crippen molar-refractivity contribution >= 4 is 8.58 Å². The fourth-order valence-corrected chi connectivity index (χ4v) is 0.650. The number of terminal acetylenes is 1. The Hall–Kier alpha value is -0.0100. The van der Waals surface area contributed by atoms with Gasteiger partial charge in [0.15, 0.2) is 0 Å². The second kappa shape index (κ2) is 2.34. The Balaban J connectivity index is 3.40. The van der Waals surface area contributed by atoms with Crippen LogP contribution in [0.4, 0.5) is 0 Å². The molecule has 0 radical (unpaired) electrons. The minimum atomic E-state index is 0.342. The van der Waals surface area contributed by atoms with E-state index in [0.717, 1.165) is 0 Å². The van der Waals surface area contributed by atoms with E-state index in [1.807, 2.05) is 0 Å². The third-order valence-corrected chi connectivity index (χ3v) is 1.34. The fourth-order valence-electron chi connectivity index (χ4n) is 0.217. The van der Waals surface area contributed by atoms with Gasteiger partial charge in [-0.2, -0.15) is 0 Å². The average Bonchev–Trinajstić information content (AvgIpc) is 1.30. The third-order valence-electron chi connectivity index (χ3n) is 0.447. The van der Waals surface area contributed by atoms with Gasteiger partial charge < -0.3 is 0 Å². The van der Waals surface area contributed by atoms with Crippen molar-refractivity contribution in [1.29, 1.82) is 0 Å². The van der Waals surface area contributed by atoms with E-state index in [0.29, 0.717) is 13.7 Å². The molecule has 0 aliphatic rings. The van der Waals surface area contributed by atoms with Gasteiger partial charge in [-0.3, -0.25) is 0 Å². The molecule has 0 saturated heterocycles. The summed E-state index contributed by atoms with van der Waals surface area (Å²) in [6.45, 7) is 6.43. The van der Waals surface area contributed by atoms with E-state index in [4.69, 9.17) is 6.42 Å². The zero-order valence-electron chi connectivity index (χ0n) is 5.08. The van der Waals surface area contributed by atoms with Crippen molar-refractivity contribution < 1.29 is 0 Å². The maximum atomic E-state index is 5.08. The molecule has 0 N–H and O–H groups in total. The Labute approximate surface area is 47.5 Å². The molecule has 0 aromatic rings. The van der Waals surface area contributed by atoms with Crippen LogP contribution in [0, 0.1) is 12.1 Å². The third kappa shape index (κ3) is 5.99. The molecule has 7 heavy (non-hydrogen) atoms. The lowest BCUT2D eigenvalue weighted by atomic mass is 10.3. The molecule has 0 saturated carbocycles. The van der Waals surface area contributed by atoms with E-state index in [9.17, 15) is 0 Å². The van der Waals surface area contributed by atoms with Gasteiger partial charge in [0.05, 0.1) is 0 Å². The van der Waals surface area contributed by atoms with E-state index < -0.39 is 0 Å². The molecule has 0 aliphatic carbocycles. The lowest BCUT2D eigenvalue weighted by Gasteiger charge is -2.11. The van der Waals surface area contributed by atoms with E-state index in [2.05, 4.69) is 26.4 Å². The van der Waals surface area contributed by atoms with Gasteiger partial charge in [-0.15, -0.1) is 6.42 Å². The highest BCUT2D eigenvalue weighted by Gasteiger charge is 2.05. The van der Waals surface area contributed by atoms with E-state index >= 15 is 0 Å². The molecule has 0 heterocycles. The van der Waals surface area contributed by atoms with Crippen LogP contribution >= 0.6 is 8.58 Å². The molecule has 0 bridgehead atoms. The Morgan fingerprint density at radius 3 is 1.86 bits per heavy atom. The van der Waals surface area contributed by atoms with Crippen molar-refractivity contribution in [3.05, 3.63) is 0 Å². The van der Waals surface area contributed by atoms with Crippen LogP contribution in [-0.2, 0) is 0 Å². The molecule has 0 rings (SSSR count). The molecule has 1 heteroatoms. The smallest absolute Gasteiger partial charge is 0.00955 e. The summed E-state index contributed by atoms with van der Waals surface area (Å²) in [5.41, 5.74) is 2.64. The van der Waals surface area contributed by atoms with Crippen molar-refractivity contribution in [2.24, 2.45) is 0 Å². The molecular formula is C6H11P. The zero-order chi connectivity index (χ0) is 5.91. The van der Waals surface area contributed by atoms with Gasteiger partial charge >= 0.3 is 0 Å². The van der Waals surface area contributed by atoms with Gasteiger partial charge in [0, 0.05) is 0 Å². The molecule has 0 aliphatic heterocycles. The Kier molecular flexibility index (Phi) is 2.33. The normalized spacial score (nSPS) is 12.3. The Morgan fingerprint density at radius 1 is 1.43 bits per heavy atom.